The first kappa shape index (κ1) is 16.0. The number of halogens is 1. The molecule has 3 rings (SSSR count). The summed E-state index contributed by atoms with van der Waals surface area (Å²) in [5, 5.41) is -0.0284. The molecule has 23 heavy (non-hydrogen) atoms. The molecule has 0 fully saturated rings. The molecule has 0 aliphatic carbocycles. The average Bonchev–Trinajstić information content (AvgIpc) is 2.70. The van der Waals surface area contributed by atoms with Gasteiger partial charge >= 0.3 is 0 Å². The van der Waals surface area contributed by atoms with Gasteiger partial charge < -0.3 is 0 Å². The van der Waals surface area contributed by atoms with Crippen LogP contribution in [0, 0.1) is 0 Å². The first-order valence-corrected chi connectivity index (χ1v) is 8.78. The lowest BCUT2D eigenvalue weighted by molar-refractivity contribution is -0.124. The first-order valence-electron chi connectivity index (χ1n) is 7.10. The Bertz CT molecular complexity index is 773. The van der Waals surface area contributed by atoms with Crippen LogP contribution in [-0.2, 0) is 9.59 Å². The number of fused-ring (bicyclic) bond motifs is 1. The molecule has 1 unspecified atom stereocenters. The van der Waals surface area contributed by atoms with Crippen LogP contribution in [0.1, 0.15) is 17.2 Å². The fourth-order valence-corrected chi connectivity index (χ4v) is 4.04. The monoisotopic (exact) mass is 387 g/mol. The minimum absolute atomic E-state index is 0.0284. The highest BCUT2D eigenvalue weighted by Crippen LogP contribution is 2.45. The molecule has 0 saturated carbocycles. The van der Waals surface area contributed by atoms with Crippen LogP contribution in [0.15, 0.2) is 70.6 Å². The van der Waals surface area contributed by atoms with E-state index in [1.165, 1.54) is 11.0 Å². The number of nitrogens with zero attached hydrogens (tertiary/aromatic N) is 1. The standard InChI is InChI=1S/C18H14BrNO2S/c1-2-17(21)20-14-5-3-4-6-15(14)23-16(11-18(20)22)12-7-9-13(19)10-8-12/h2-10,16H,1,11H2. The largest absolute Gasteiger partial charge is 0.274 e. The Morgan fingerprint density at radius 3 is 2.61 bits per heavy atom. The Morgan fingerprint density at radius 1 is 1.22 bits per heavy atom. The first-order chi connectivity index (χ1) is 11.1. The SMILES string of the molecule is C=CC(=O)N1C(=O)CC(c2ccc(Br)cc2)Sc2ccccc21. The number of imide groups is 1. The van der Waals surface area contributed by atoms with Crippen LogP contribution in [0.5, 0.6) is 0 Å². The molecule has 2 amide bonds. The van der Waals surface area contributed by atoms with Crippen LogP contribution < -0.4 is 4.90 Å². The maximum Gasteiger partial charge on any atom is 0.257 e. The predicted molar refractivity (Wildman–Crippen MR) is 96.5 cm³/mol. The smallest absolute Gasteiger partial charge is 0.257 e. The summed E-state index contributed by atoms with van der Waals surface area (Å²) in [6.45, 7) is 3.51. The number of thioether (sulfide) groups is 1. The highest BCUT2D eigenvalue weighted by molar-refractivity contribution is 9.10. The molecule has 5 heteroatoms. The molecule has 0 aromatic heterocycles. The summed E-state index contributed by atoms with van der Waals surface area (Å²) in [7, 11) is 0. The molecular weight excluding hydrogens is 374 g/mol. The van der Waals surface area contributed by atoms with Gasteiger partial charge in [0.05, 0.1) is 5.69 Å². The number of amides is 2. The molecular formula is C18H14BrNO2S. The molecule has 1 atom stereocenters. The Balaban J connectivity index is 2.04. The molecule has 0 saturated heterocycles. The number of carbonyl (C=O) groups is 2. The lowest BCUT2D eigenvalue weighted by atomic mass is 10.1. The zero-order valence-electron chi connectivity index (χ0n) is 12.2. The van der Waals surface area contributed by atoms with Gasteiger partial charge in [-0.15, -0.1) is 11.8 Å². The average molecular weight is 388 g/mol. The van der Waals surface area contributed by atoms with Crippen molar-refractivity contribution in [2.45, 2.75) is 16.6 Å². The molecule has 1 aliphatic heterocycles. The number of para-hydroxylation sites is 1. The number of anilines is 1. The van der Waals surface area contributed by atoms with Gasteiger partial charge in [-0.25, -0.2) is 4.90 Å². The minimum Gasteiger partial charge on any atom is -0.274 e. The van der Waals surface area contributed by atoms with Gasteiger partial charge in [-0.3, -0.25) is 9.59 Å². The topological polar surface area (TPSA) is 37.4 Å². The van der Waals surface area contributed by atoms with E-state index in [0.29, 0.717) is 5.69 Å². The molecule has 0 radical (unpaired) electrons. The summed E-state index contributed by atoms with van der Waals surface area (Å²) in [5.41, 5.74) is 1.70. The van der Waals surface area contributed by atoms with Crippen molar-refractivity contribution < 1.29 is 9.59 Å². The van der Waals surface area contributed by atoms with Crippen LogP contribution in [0.3, 0.4) is 0 Å². The second-order valence-corrected chi connectivity index (χ2v) is 7.26. The van der Waals surface area contributed by atoms with Crippen molar-refractivity contribution in [1.29, 1.82) is 0 Å². The van der Waals surface area contributed by atoms with Gasteiger partial charge in [-0.1, -0.05) is 46.8 Å². The summed E-state index contributed by atoms with van der Waals surface area (Å²) < 4.78 is 0.995. The van der Waals surface area contributed by atoms with E-state index in [-0.39, 0.29) is 23.5 Å². The summed E-state index contributed by atoms with van der Waals surface area (Å²) in [5.74, 6) is -0.597. The zero-order chi connectivity index (χ0) is 16.4. The van der Waals surface area contributed by atoms with E-state index >= 15 is 0 Å². The summed E-state index contributed by atoms with van der Waals surface area (Å²) in [4.78, 5) is 27.0. The number of benzene rings is 2. The molecule has 3 nitrogen and oxygen atoms in total. The van der Waals surface area contributed by atoms with E-state index in [4.69, 9.17) is 0 Å². The van der Waals surface area contributed by atoms with Crippen molar-refractivity contribution in [3.05, 3.63) is 71.2 Å². The third kappa shape index (κ3) is 3.26. The quantitative estimate of drug-likeness (QED) is 0.698. The molecule has 0 spiro atoms. The van der Waals surface area contributed by atoms with Crippen LogP contribution in [0.4, 0.5) is 5.69 Å². The van der Waals surface area contributed by atoms with Gasteiger partial charge in [0.25, 0.3) is 5.91 Å². The number of hydrogen-bond acceptors (Lipinski definition) is 3. The van der Waals surface area contributed by atoms with Crippen molar-refractivity contribution >= 4 is 45.2 Å². The second kappa shape index (κ2) is 6.72. The Kier molecular flexibility index (Phi) is 4.68. The highest BCUT2D eigenvalue weighted by Gasteiger charge is 2.31. The summed E-state index contributed by atoms with van der Waals surface area (Å²) >= 11 is 5.03. The fraction of sp³-hybridized carbons (Fsp3) is 0.111. The summed E-state index contributed by atoms with van der Waals surface area (Å²) in [6, 6.07) is 15.4. The Labute approximate surface area is 147 Å². The maximum absolute atomic E-state index is 12.7. The van der Waals surface area contributed by atoms with Crippen LogP contribution >= 0.6 is 27.7 Å². The fourth-order valence-electron chi connectivity index (χ4n) is 2.52. The maximum atomic E-state index is 12.7. The van der Waals surface area contributed by atoms with Gasteiger partial charge in [-0.05, 0) is 35.9 Å². The normalized spacial score (nSPS) is 17.3. The highest BCUT2D eigenvalue weighted by atomic mass is 79.9. The molecule has 1 heterocycles. The molecule has 2 aromatic rings. The second-order valence-electron chi connectivity index (χ2n) is 5.10. The van der Waals surface area contributed by atoms with E-state index in [2.05, 4.69) is 22.5 Å². The van der Waals surface area contributed by atoms with E-state index in [0.717, 1.165) is 14.9 Å². The van der Waals surface area contributed by atoms with Crippen LogP contribution in [-0.4, -0.2) is 11.8 Å². The minimum atomic E-state index is -0.389. The number of carbonyl (C=O) groups excluding carboxylic acids is 2. The molecule has 0 N–H and O–H groups in total. The zero-order valence-corrected chi connectivity index (χ0v) is 14.6. The molecule has 116 valence electrons. The van der Waals surface area contributed by atoms with Crippen molar-refractivity contribution in [2.75, 3.05) is 4.90 Å². The molecule has 1 aliphatic rings. The van der Waals surface area contributed by atoms with Crippen molar-refractivity contribution in [3.8, 4) is 0 Å². The van der Waals surface area contributed by atoms with E-state index < -0.39 is 0 Å². The Hall–Kier alpha value is -1.85. The molecule has 2 aromatic carbocycles. The Morgan fingerprint density at radius 2 is 1.91 bits per heavy atom. The van der Waals surface area contributed by atoms with Gasteiger partial charge in [0.1, 0.15) is 0 Å². The van der Waals surface area contributed by atoms with Gasteiger partial charge in [-0.2, -0.15) is 0 Å². The van der Waals surface area contributed by atoms with Crippen molar-refractivity contribution in [2.24, 2.45) is 0 Å². The van der Waals surface area contributed by atoms with E-state index in [1.54, 1.807) is 17.8 Å². The van der Waals surface area contributed by atoms with Crippen molar-refractivity contribution in [3.63, 3.8) is 0 Å². The van der Waals surface area contributed by atoms with Gasteiger partial charge in [0.15, 0.2) is 0 Å². The summed E-state index contributed by atoms with van der Waals surface area (Å²) in [6.07, 6.45) is 1.44. The lowest BCUT2D eigenvalue weighted by Gasteiger charge is -2.18. The van der Waals surface area contributed by atoms with E-state index in [9.17, 15) is 9.59 Å². The van der Waals surface area contributed by atoms with Gasteiger partial charge in [0.2, 0.25) is 5.91 Å². The number of rotatable bonds is 2. The lowest BCUT2D eigenvalue weighted by Crippen LogP contribution is -2.35. The van der Waals surface area contributed by atoms with Crippen LogP contribution in [0.25, 0.3) is 0 Å². The van der Waals surface area contributed by atoms with E-state index in [1.807, 2.05) is 42.5 Å². The van der Waals surface area contributed by atoms with Gasteiger partial charge in [0, 0.05) is 21.0 Å². The third-order valence-corrected chi connectivity index (χ3v) is 5.47. The predicted octanol–water partition coefficient (Wildman–Crippen LogP) is 4.73. The third-order valence-electron chi connectivity index (χ3n) is 3.62. The molecule has 0 bridgehead atoms. The van der Waals surface area contributed by atoms with Crippen molar-refractivity contribution in [1.82, 2.24) is 0 Å². The van der Waals surface area contributed by atoms with Crippen LogP contribution in [0.2, 0.25) is 0 Å². The number of hydrogen-bond donors (Lipinski definition) is 0.